The molecule has 0 bridgehead atoms. The molecule has 2 aromatic rings. The third-order valence-corrected chi connectivity index (χ3v) is 5.30. The van der Waals surface area contributed by atoms with Crippen LogP contribution in [0.15, 0.2) is 46.2 Å². The Labute approximate surface area is 153 Å². The van der Waals surface area contributed by atoms with Crippen LogP contribution in [0, 0.1) is 6.92 Å². The van der Waals surface area contributed by atoms with Crippen LogP contribution in [-0.2, 0) is 4.79 Å². The van der Waals surface area contributed by atoms with Crippen molar-refractivity contribution in [2.45, 2.75) is 16.7 Å². The second kappa shape index (κ2) is 7.03. The summed E-state index contributed by atoms with van der Waals surface area (Å²) in [5.41, 5.74) is 4.34. The molecule has 1 saturated heterocycles. The first-order chi connectivity index (χ1) is 11.4. The first-order valence-corrected chi connectivity index (χ1v) is 8.62. The van der Waals surface area contributed by atoms with E-state index in [-0.39, 0.29) is 12.5 Å². The number of hydrazine groups is 1. The fourth-order valence-electron chi connectivity index (χ4n) is 2.15. The van der Waals surface area contributed by atoms with E-state index < -0.39 is 6.03 Å². The van der Waals surface area contributed by atoms with Gasteiger partial charge in [0.1, 0.15) is 0 Å². The van der Waals surface area contributed by atoms with Gasteiger partial charge in [-0.25, -0.2) is 15.2 Å². The monoisotopic (exact) mass is 381 g/mol. The first-order valence-electron chi connectivity index (χ1n) is 7.05. The summed E-state index contributed by atoms with van der Waals surface area (Å²) in [6.45, 7) is 2.02. The highest BCUT2D eigenvalue weighted by Crippen LogP contribution is 2.41. The van der Waals surface area contributed by atoms with Gasteiger partial charge >= 0.3 is 6.03 Å². The maximum atomic E-state index is 11.9. The van der Waals surface area contributed by atoms with Gasteiger partial charge in [-0.2, -0.15) is 0 Å². The van der Waals surface area contributed by atoms with Gasteiger partial charge in [-0.3, -0.25) is 10.1 Å². The van der Waals surface area contributed by atoms with Crippen LogP contribution in [0.2, 0.25) is 10.0 Å². The van der Waals surface area contributed by atoms with Crippen molar-refractivity contribution in [3.63, 3.8) is 0 Å². The van der Waals surface area contributed by atoms with Crippen LogP contribution in [0.5, 0.6) is 0 Å². The highest BCUT2D eigenvalue weighted by molar-refractivity contribution is 7.99. The third-order valence-electron chi connectivity index (χ3n) is 3.33. The Bertz CT molecular complexity index is 788. The molecule has 0 unspecified atom stereocenters. The van der Waals surface area contributed by atoms with Crippen molar-refractivity contribution in [1.29, 1.82) is 0 Å². The normalized spacial score (nSPS) is 14.7. The lowest BCUT2D eigenvalue weighted by molar-refractivity contribution is -0.119. The van der Waals surface area contributed by atoms with Crippen molar-refractivity contribution in [1.82, 2.24) is 10.7 Å². The molecular formula is C16H13Cl2N3O2S. The largest absolute Gasteiger partial charge is 0.343 e. The van der Waals surface area contributed by atoms with Crippen LogP contribution in [0.4, 0.5) is 10.5 Å². The van der Waals surface area contributed by atoms with Gasteiger partial charge in [0.25, 0.3) is 0 Å². The van der Waals surface area contributed by atoms with Crippen LogP contribution in [-0.4, -0.2) is 18.5 Å². The Morgan fingerprint density at radius 3 is 2.29 bits per heavy atom. The molecule has 1 aliphatic rings. The summed E-state index contributed by atoms with van der Waals surface area (Å²) in [6, 6.07) is 10.7. The maximum absolute atomic E-state index is 11.9. The summed E-state index contributed by atoms with van der Waals surface area (Å²) in [5.74, 6) is -0.389. The van der Waals surface area contributed by atoms with E-state index in [4.69, 9.17) is 23.2 Å². The number of halogens is 2. The fraction of sp³-hybridized carbons (Fsp3) is 0.125. The molecule has 124 valence electrons. The molecule has 0 aliphatic carbocycles. The quantitative estimate of drug-likeness (QED) is 0.842. The van der Waals surface area contributed by atoms with E-state index in [0.29, 0.717) is 20.6 Å². The summed E-state index contributed by atoms with van der Waals surface area (Å²) < 4.78 is 0. The SMILES string of the molecule is Cc1ccc(Sc2c(Cl)cc(N3NCC(=O)NC3=O)cc2Cl)cc1. The smallest absolute Gasteiger partial charge is 0.275 e. The summed E-state index contributed by atoms with van der Waals surface area (Å²) in [7, 11) is 0. The van der Waals surface area contributed by atoms with Crippen molar-refractivity contribution in [3.8, 4) is 0 Å². The van der Waals surface area contributed by atoms with Crippen molar-refractivity contribution >= 4 is 52.6 Å². The third kappa shape index (κ3) is 3.67. The summed E-state index contributed by atoms with van der Waals surface area (Å²) >= 11 is 14.2. The van der Waals surface area contributed by atoms with Gasteiger partial charge < -0.3 is 0 Å². The summed E-state index contributed by atoms with van der Waals surface area (Å²) in [5, 5.41) is 4.28. The molecule has 24 heavy (non-hydrogen) atoms. The van der Waals surface area contributed by atoms with Crippen LogP contribution >= 0.6 is 35.0 Å². The van der Waals surface area contributed by atoms with E-state index in [0.717, 1.165) is 4.90 Å². The molecule has 0 atom stereocenters. The molecule has 0 radical (unpaired) electrons. The highest BCUT2D eigenvalue weighted by Gasteiger charge is 2.25. The molecule has 1 heterocycles. The van der Waals surface area contributed by atoms with E-state index in [1.807, 2.05) is 31.2 Å². The van der Waals surface area contributed by atoms with Crippen LogP contribution < -0.4 is 15.8 Å². The molecule has 2 N–H and O–H groups in total. The van der Waals surface area contributed by atoms with Gasteiger partial charge in [-0.05, 0) is 31.2 Å². The van der Waals surface area contributed by atoms with Crippen molar-refractivity contribution in [3.05, 3.63) is 52.0 Å². The molecule has 3 amide bonds. The van der Waals surface area contributed by atoms with Gasteiger partial charge in [0, 0.05) is 9.79 Å². The zero-order valence-corrected chi connectivity index (χ0v) is 14.9. The first kappa shape index (κ1) is 17.1. The molecule has 0 aromatic heterocycles. The molecule has 1 fully saturated rings. The van der Waals surface area contributed by atoms with E-state index >= 15 is 0 Å². The standard InChI is InChI=1S/C16H13Cl2N3O2S/c1-9-2-4-11(5-3-9)24-15-12(17)6-10(7-13(15)18)21-16(23)20-14(22)8-19-21/h2-7,19H,8H2,1H3,(H,20,22,23). The second-order valence-corrected chi connectivity index (χ2v) is 7.08. The Morgan fingerprint density at radius 1 is 1.08 bits per heavy atom. The summed E-state index contributed by atoms with van der Waals surface area (Å²) in [4.78, 5) is 24.8. The maximum Gasteiger partial charge on any atom is 0.343 e. The lowest BCUT2D eigenvalue weighted by Crippen LogP contribution is -2.59. The van der Waals surface area contributed by atoms with Gasteiger partial charge in [-0.1, -0.05) is 52.7 Å². The number of amides is 3. The molecule has 3 rings (SSSR count). The summed E-state index contributed by atoms with van der Waals surface area (Å²) in [6.07, 6.45) is 0. The topological polar surface area (TPSA) is 61.4 Å². The fourth-order valence-corrected chi connectivity index (χ4v) is 3.68. The van der Waals surface area contributed by atoms with E-state index in [2.05, 4.69) is 10.7 Å². The lowest BCUT2D eigenvalue weighted by atomic mass is 10.2. The number of hydrogen-bond donors (Lipinski definition) is 2. The minimum absolute atomic E-state index is 0.000839. The number of nitrogens with one attached hydrogen (secondary N) is 2. The number of rotatable bonds is 3. The van der Waals surface area contributed by atoms with Crippen molar-refractivity contribution in [2.24, 2.45) is 0 Å². The molecule has 0 saturated carbocycles. The average molecular weight is 382 g/mol. The number of aryl methyl sites for hydroxylation is 1. The number of nitrogens with zero attached hydrogens (tertiary/aromatic N) is 1. The predicted molar refractivity (Wildman–Crippen MR) is 95.8 cm³/mol. The van der Waals surface area contributed by atoms with Crippen LogP contribution in [0.1, 0.15) is 5.56 Å². The molecule has 0 spiro atoms. The van der Waals surface area contributed by atoms with Gasteiger partial charge in [0.15, 0.2) is 0 Å². The van der Waals surface area contributed by atoms with Gasteiger partial charge in [0.05, 0.1) is 22.3 Å². The number of hydrogen-bond acceptors (Lipinski definition) is 4. The molecule has 2 aromatic carbocycles. The van der Waals surface area contributed by atoms with Gasteiger partial charge in [-0.15, -0.1) is 0 Å². The number of imide groups is 1. The van der Waals surface area contributed by atoms with E-state index in [9.17, 15) is 9.59 Å². The Kier molecular flexibility index (Phi) is 5.01. The average Bonchev–Trinajstić information content (AvgIpc) is 2.52. The highest BCUT2D eigenvalue weighted by atomic mass is 35.5. The van der Waals surface area contributed by atoms with Crippen molar-refractivity contribution in [2.75, 3.05) is 11.6 Å². The zero-order chi connectivity index (χ0) is 17.3. The number of carbonyl (C=O) groups is 2. The minimum Gasteiger partial charge on any atom is -0.275 e. The Morgan fingerprint density at radius 2 is 1.71 bits per heavy atom. The van der Waals surface area contributed by atoms with E-state index in [1.165, 1.54) is 22.3 Å². The molecule has 1 aliphatic heterocycles. The van der Waals surface area contributed by atoms with Crippen LogP contribution in [0.3, 0.4) is 0 Å². The Hall–Kier alpha value is -1.73. The zero-order valence-electron chi connectivity index (χ0n) is 12.6. The minimum atomic E-state index is -0.572. The Balaban J connectivity index is 1.87. The number of benzene rings is 2. The second-order valence-electron chi connectivity index (χ2n) is 5.18. The lowest BCUT2D eigenvalue weighted by Gasteiger charge is -2.27. The molecule has 5 nitrogen and oxygen atoms in total. The number of carbonyl (C=O) groups excluding carboxylic acids is 2. The predicted octanol–water partition coefficient (Wildman–Crippen LogP) is 4.01. The number of urea groups is 1. The number of anilines is 1. The molecular weight excluding hydrogens is 369 g/mol. The van der Waals surface area contributed by atoms with Crippen molar-refractivity contribution < 1.29 is 9.59 Å². The molecule has 8 heteroatoms. The van der Waals surface area contributed by atoms with E-state index in [1.54, 1.807) is 12.1 Å². The van der Waals surface area contributed by atoms with Gasteiger partial charge in [0.2, 0.25) is 5.91 Å². The van der Waals surface area contributed by atoms with Crippen LogP contribution in [0.25, 0.3) is 0 Å².